The number of anilines is 1. The van der Waals surface area contributed by atoms with E-state index in [1.54, 1.807) is 30.9 Å². The van der Waals surface area contributed by atoms with Crippen LogP contribution in [0.25, 0.3) is 16.6 Å². The third-order valence-electron chi connectivity index (χ3n) is 6.73. The van der Waals surface area contributed by atoms with Gasteiger partial charge in [0.1, 0.15) is 24.2 Å². The number of hydrogen-bond acceptors (Lipinski definition) is 8. The molecule has 1 saturated heterocycles. The minimum Gasteiger partial charge on any atom is -0.489 e. The molecule has 39 heavy (non-hydrogen) atoms. The molecule has 3 aromatic heterocycles. The predicted molar refractivity (Wildman–Crippen MR) is 145 cm³/mol. The van der Waals surface area contributed by atoms with Gasteiger partial charge in [0.05, 0.1) is 29.6 Å². The Morgan fingerprint density at radius 2 is 1.90 bits per heavy atom. The Bertz CT molecular complexity index is 1470. The third-order valence-corrected chi connectivity index (χ3v) is 6.73. The highest BCUT2D eigenvalue weighted by Gasteiger charge is 2.29. The fourth-order valence-corrected chi connectivity index (χ4v) is 4.76. The van der Waals surface area contributed by atoms with E-state index in [1.807, 2.05) is 53.4 Å². The standard InChI is InChI=1S/C29H30N6O4/c1-20(36)19-39-24-14-25(27-23(15-30)17-32-35(27)18-24)22-8-9-26(31-16-22)33-10-12-34(13-11-33)29(37)28(38-2)21-6-4-3-5-7-21/h3-9,14,16-18,20,28,36H,10-13,19H2,1-2H3. The van der Waals surface area contributed by atoms with Crippen LogP contribution < -0.4 is 9.64 Å². The summed E-state index contributed by atoms with van der Waals surface area (Å²) in [5.41, 5.74) is 3.52. The summed E-state index contributed by atoms with van der Waals surface area (Å²) in [4.78, 5) is 21.8. The molecule has 10 nitrogen and oxygen atoms in total. The van der Waals surface area contributed by atoms with E-state index in [4.69, 9.17) is 14.5 Å². The number of carbonyl (C=O) groups excluding carboxylic acids is 1. The molecule has 10 heteroatoms. The minimum atomic E-state index is -0.619. The van der Waals surface area contributed by atoms with E-state index in [9.17, 15) is 15.2 Å². The second-order valence-electron chi connectivity index (χ2n) is 9.46. The van der Waals surface area contributed by atoms with Gasteiger partial charge in [-0.1, -0.05) is 30.3 Å². The summed E-state index contributed by atoms with van der Waals surface area (Å²) >= 11 is 0. The molecule has 1 aromatic carbocycles. The summed E-state index contributed by atoms with van der Waals surface area (Å²) in [5, 5.41) is 23.5. The second-order valence-corrected chi connectivity index (χ2v) is 9.46. The number of pyridine rings is 2. The van der Waals surface area contributed by atoms with E-state index < -0.39 is 12.2 Å². The number of nitrogens with zero attached hydrogens (tertiary/aromatic N) is 6. The van der Waals surface area contributed by atoms with Crippen LogP contribution in [0.3, 0.4) is 0 Å². The maximum Gasteiger partial charge on any atom is 0.256 e. The predicted octanol–water partition coefficient (Wildman–Crippen LogP) is 3.06. The number of amides is 1. The van der Waals surface area contributed by atoms with E-state index in [0.29, 0.717) is 43.0 Å². The van der Waals surface area contributed by atoms with Gasteiger partial charge in [-0.2, -0.15) is 10.4 Å². The van der Waals surface area contributed by atoms with Crippen molar-refractivity contribution in [3.63, 3.8) is 0 Å². The van der Waals surface area contributed by atoms with Gasteiger partial charge in [0.15, 0.2) is 6.10 Å². The molecule has 0 aliphatic carbocycles. The second kappa shape index (κ2) is 11.5. The van der Waals surface area contributed by atoms with Gasteiger partial charge < -0.3 is 24.4 Å². The van der Waals surface area contributed by atoms with E-state index in [-0.39, 0.29) is 12.5 Å². The van der Waals surface area contributed by atoms with Gasteiger partial charge in [-0.15, -0.1) is 0 Å². The first-order chi connectivity index (χ1) is 19.0. The largest absolute Gasteiger partial charge is 0.489 e. The molecular weight excluding hydrogens is 496 g/mol. The van der Waals surface area contributed by atoms with Crippen molar-refractivity contribution < 1.29 is 19.4 Å². The summed E-state index contributed by atoms with van der Waals surface area (Å²) in [7, 11) is 1.56. The number of nitriles is 1. The van der Waals surface area contributed by atoms with Crippen LogP contribution in [0.15, 0.2) is 67.1 Å². The van der Waals surface area contributed by atoms with Crippen molar-refractivity contribution in [3.8, 4) is 22.9 Å². The number of aliphatic hydroxyl groups is 1. The van der Waals surface area contributed by atoms with Gasteiger partial charge in [-0.25, -0.2) is 9.50 Å². The van der Waals surface area contributed by atoms with Crippen molar-refractivity contribution in [2.45, 2.75) is 19.1 Å². The smallest absolute Gasteiger partial charge is 0.256 e. The molecule has 1 N–H and O–H groups in total. The van der Waals surface area contributed by atoms with Gasteiger partial charge in [-0.05, 0) is 30.7 Å². The van der Waals surface area contributed by atoms with Gasteiger partial charge >= 0.3 is 0 Å². The number of benzene rings is 1. The van der Waals surface area contributed by atoms with Gasteiger partial charge in [-0.3, -0.25) is 4.79 Å². The highest BCUT2D eigenvalue weighted by molar-refractivity contribution is 5.85. The number of hydrogen-bond donors (Lipinski definition) is 1. The molecular formula is C29H30N6O4. The molecule has 1 aliphatic heterocycles. The van der Waals surface area contributed by atoms with Crippen LogP contribution in [-0.2, 0) is 9.53 Å². The number of ether oxygens (including phenoxy) is 2. The van der Waals surface area contributed by atoms with Crippen LogP contribution in [0.4, 0.5) is 5.82 Å². The number of methoxy groups -OCH3 is 1. The number of carbonyl (C=O) groups is 1. The number of aromatic nitrogens is 3. The summed E-state index contributed by atoms with van der Waals surface area (Å²) in [6.45, 7) is 4.23. The molecule has 0 spiro atoms. The Kier molecular flexibility index (Phi) is 7.72. The first kappa shape index (κ1) is 26.2. The number of rotatable bonds is 8. The molecule has 200 valence electrons. The van der Waals surface area contributed by atoms with E-state index in [0.717, 1.165) is 22.5 Å². The average molecular weight is 527 g/mol. The Labute approximate surface area is 226 Å². The molecule has 0 radical (unpaired) electrons. The Hall–Kier alpha value is -4.46. The molecule has 4 aromatic rings. The topological polar surface area (TPSA) is 116 Å². The lowest BCUT2D eigenvalue weighted by molar-refractivity contribution is -0.142. The van der Waals surface area contributed by atoms with Gasteiger partial charge in [0.2, 0.25) is 0 Å². The van der Waals surface area contributed by atoms with Gasteiger partial charge in [0, 0.05) is 50.6 Å². The van der Waals surface area contributed by atoms with E-state index >= 15 is 0 Å². The molecule has 2 atom stereocenters. The van der Waals surface area contributed by atoms with Crippen molar-refractivity contribution in [1.29, 1.82) is 5.26 Å². The Morgan fingerprint density at radius 3 is 2.54 bits per heavy atom. The zero-order valence-electron chi connectivity index (χ0n) is 21.9. The van der Waals surface area contributed by atoms with E-state index in [1.165, 1.54) is 6.20 Å². The molecule has 1 amide bonds. The summed E-state index contributed by atoms with van der Waals surface area (Å²) in [6, 6.07) is 17.5. The van der Waals surface area contributed by atoms with E-state index in [2.05, 4.69) is 16.1 Å². The maximum atomic E-state index is 13.1. The molecule has 0 saturated carbocycles. The minimum absolute atomic E-state index is 0.0394. The zero-order chi connectivity index (χ0) is 27.4. The number of fused-ring (bicyclic) bond motifs is 1. The lowest BCUT2D eigenvalue weighted by Crippen LogP contribution is -2.50. The molecule has 1 fully saturated rings. The van der Waals surface area contributed by atoms with Crippen LogP contribution in [-0.4, -0.2) is 76.5 Å². The maximum absolute atomic E-state index is 13.1. The van der Waals surface area contributed by atoms with Crippen LogP contribution >= 0.6 is 0 Å². The third kappa shape index (κ3) is 5.55. The van der Waals surface area contributed by atoms with Gasteiger partial charge in [0.25, 0.3) is 5.91 Å². The molecule has 0 bridgehead atoms. The Morgan fingerprint density at radius 1 is 1.13 bits per heavy atom. The molecule has 5 rings (SSSR count). The van der Waals surface area contributed by atoms with Crippen molar-refractivity contribution in [2.24, 2.45) is 0 Å². The van der Waals surface area contributed by atoms with Crippen LogP contribution in [0.5, 0.6) is 5.75 Å². The normalized spacial score (nSPS) is 15.1. The Balaban J connectivity index is 1.31. The average Bonchev–Trinajstić information content (AvgIpc) is 3.40. The number of aliphatic hydroxyl groups excluding tert-OH is 1. The zero-order valence-corrected chi connectivity index (χ0v) is 21.9. The lowest BCUT2D eigenvalue weighted by atomic mass is 10.1. The monoisotopic (exact) mass is 526 g/mol. The first-order valence-electron chi connectivity index (χ1n) is 12.8. The SMILES string of the molecule is COC(C(=O)N1CCN(c2ccc(-c3cc(OCC(C)O)cn4ncc(C#N)c34)cn2)CC1)c1ccccc1. The van der Waals surface area contributed by atoms with Crippen molar-refractivity contribution in [1.82, 2.24) is 19.5 Å². The summed E-state index contributed by atoms with van der Waals surface area (Å²) < 4.78 is 12.9. The van der Waals surface area contributed by atoms with Crippen molar-refractivity contribution >= 4 is 17.2 Å². The van der Waals surface area contributed by atoms with Crippen LogP contribution in [0.1, 0.15) is 24.2 Å². The number of piperazine rings is 1. The summed E-state index contributed by atoms with van der Waals surface area (Å²) in [6.07, 6.45) is 3.74. The van der Waals surface area contributed by atoms with Crippen LogP contribution in [0, 0.1) is 11.3 Å². The fraction of sp³-hybridized carbons (Fsp3) is 0.310. The highest BCUT2D eigenvalue weighted by atomic mass is 16.5. The quantitative estimate of drug-likeness (QED) is 0.372. The fourth-order valence-electron chi connectivity index (χ4n) is 4.76. The van der Waals surface area contributed by atoms with Crippen molar-refractivity contribution in [2.75, 3.05) is 44.8 Å². The van der Waals surface area contributed by atoms with Crippen LogP contribution in [0.2, 0.25) is 0 Å². The molecule has 1 aliphatic rings. The molecule has 4 heterocycles. The first-order valence-corrected chi connectivity index (χ1v) is 12.8. The summed E-state index contributed by atoms with van der Waals surface area (Å²) in [5.74, 6) is 1.30. The highest BCUT2D eigenvalue weighted by Crippen LogP contribution is 2.31. The molecule has 2 unspecified atom stereocenters. The lowest BCUT2D eigenvalue weighted by Gasteiger charge is -2.36. The van der Waals surface area contributed by atoms with Crippen molar-refractivity contribution in [3.05, 3.63) is 78.2 Å².